The highest BCUT2D eigenvalue weighted by Gasteiger charge is 2.23. The lowest BCUT2D eigenvalue weighted by Gasteiger charge is -2.17. The number of aryl methyl sites for hydroxylation is 2. The zero-order valence-corrected chi connectivity index (χ0v) is 16.3. The van der Waals surface area contributed by atoms with Gasteiger partial charge in [-0.1, -0.05) is 18.5 Å². The van der Waals surface area contributed by atoms with Gasteiger partial charge in [0.15, 0.2) is 0 Å². The van der Waals surface area contributed by atoms with Gasteiger partial charge in [0, 0.05) is 16.4 Å². The van der Waals surface area contributed by atoms with E-state index >= 15 is 0 Å². The molecular weight excluding hydrogens is 368 g/mol. The van der Waals surface area contributed by atoms with Crippen molar-refractivity contribution in [1.82, 2.24) is 9.55 Å². The van der Waals surface area contributed by atoms with E-state index in [9.17, 15) is 4.79 Å². The highest BCUT2D eigenvalue weighted by Crippen LogP contribution is 2.35. The highest BCUT2D eigenvalue weighted by atomic mass is 35.5. The zero-order chi connectivity index (χ0) is 18.1. The van der Waals surface area contributed by atoms with Crippen LogP contribution in [0.2, 0.25) is 5.02 Å². The molecule has 0 unspecified atom stereocenters. The van der Waals surface area contributed by atoms with E-state index < -0.39 is 0 Å². The summed E-state index contributed by atoms with van der Waals surface area (Å²) < 4.78 is 7.43. The van der Waals surface area contributed by atoms with E-state index in [0.29, 0.717) is 24.1 Å². The molecule has 1 atom stereocenters. The fraction of sp³-hybridized carbons (Fsp3) is 0.400. The Morgan fingerprint density at radius 3 is 2.96 bits per heavy atom. The second-order valence-corrected chi connectivity index (χ2v) is 8.45. The van der Waals surface area contributed by atoms with Crippen LogP contribution in [0.4, 0.5) is 0 Å². The Kier molecular flexibility index (Phi) is 5.00. The Morgan fingerprint density at radius 2 is 2.15 bits per heavy atom. The molecule has 2 heterocycles. The number of halogens is 1. The van der Waals surface area contributed by atoms with Gasteiger partial charge in [-0.3, -0.25) is 9.36 Å². The van der Waals surface area contributed by atoms with Gasteiger partial charge in [-0.25, -0.2) is 4.98 Å². The molecule has 6 heteroatoms. The molecule has 0 N–H and O–H groups in total. The molecule has 0 fully saturated rings. The van der Waals surface area contributed by atoms with Gasteiger partial charge in [0.05, 0.1) is 18.3 Å². The maximum absolute atomic E-state index is 12.9. The van der Waals surface area contributed by atoms with Crippen LogP contribution >= 0.6 is 22.9 Å². The molecule has 3 aromatic rings. The normalized spacial score (nSPS) is 16.6. The Hall–Kier alpha value is -1.85. The number of aromatic nitrogens is 2. The molecule has 0 bridgehead atoms. The molecule has 136 valence electrons. The smallest absolute Gasteiger partial charge is 0.262 e. The lowest BCUT2D eigenvalue weighted by molar-refractivity contribution is 0.301. The Labute approximate surface area is 161 Å². The number of hydrogen-bond acceptors (Lipinski definition) is 4. The van der Waals surface area contributed by atoms with Crippen molar-refractivity contribution in [2.24, 2.45) is 5.92 Å². The fourth-order valence-corrected chi connectivity index (χ4v) is 4.95. The molecule has 0 amide bonds. The fourth-order valence-electron chi connectivity index (χ4n) is 3.48. The Bertz CT molecular complexity index is 978. The summed E-state index contributed by atoms with van der Waals surface area (Å²) in [6.45, 7) is 3.43. The minimum Gasteiger partial charge on any atom is -0.494 e. The largest absolute Gasteiger partial charge is 0.494 e. The van der Waals surface area contributed by atoms with Gasteiger partial charge in [0.2, 0.25) is 0 Å². The van der Waals surface area contributed by atoms with E-state index in [1.54, 1.807) is 34.4 Å². The summed E-state index contributed by atoms with van der Waals surface area (Å²) in [5.74, 6) is 1.49. The highest BCUT2D eigenvalue weighted by molar-refractivity contribution is 7.18. The number of hydrogen-bond donors (Lipinski definition) is 0. The summed E-state index contributed by atoms with van der Waals surface area (Å²) in [6.07, 6.45) is 5.65. The van der Waals surface area contributed by atoms with E-state index in [2.05, 4.69) is 11.9 Å². The Balaban J connectivity index is 1.46. The molecule has 4 rings (SSSR count). The minimum absolute atomic E-state index is 0.0912. The molecular formula is C20H21ClN2O2S. The summed E-state index contributed by atoms with van der Waals surface area (Å²) in [4.78, 5) is 19.7. The molecule has 1 aliphatic carbocycles. The molecule has 1 aromatic carbocycles. The maximum Gasteiger partial charge on any atom is 0.262 e. The SMILES string of the molecule is C[C@@H]1CCc2c(sc3ncn(CCCOc4ccc(Cl)cc4)c(=O)c23)C1. The van der Waals surface area contributed by atoms with Crippen LogP contribution in [0.25, 0.3) is 10.2 Å². The van der Waals surface area contributed by atoms with Crippen LogP contribution in [0, 0.1) is 5.92 Å². The van der Waals surface area contributed by atoms with E-state index in [-0.39, 0.29) is 5.56 Å². The van der Waals surface area contributed by atoms with Crippen LogP contribution < -0.4 is 10.3 Å². The van der Waals surface area contributed by atoms with Gasteiger partial charge >= 0.3 is 0 Å². The van der Waals surface area contributed by atoms with Crippen LogP contribution in [0.3, 0.4) is 0 Å². The van der Waals surface area contributed by atoms with Crippen LogP contribution in [0.5, 0.6) is 5.75 Å². The van der Waals surface area contributed by atoms with Gasteiger partial charge in [-0.2, -0.15) is 0 Å². The summed E-state index contributed by atoms with van der Waals surface area (Å²) in [5.41, 5.74) is 1.33. The van der Waals surface area contributed by atoms with Crippen molar-refractivity contribution < 1.29 is 4.74 Å². The van der Waals surface area contributed by atoms with Crippen LogP contribution in [0.1, 0.15) is 30.2 Å². The number of ether oxygens (including phenoxy) is 1. The van der Waals surface area contributed by atoms with E-state index in [0.717, 1.165) is 41.6 Å². The average Bonchev–Trinajstić information content (AvgIpc) is 3.00. The third kappa shape index (κ3) is 3.51. The first-order valence-corrected chi connectivity index (χ1v) is 10.2. The number of fused-ring (bicyclic) bond motifs is 3. The van der Waals surface area contributed by atoms with Crippen molar-refractivity contribution in [3.8, 4) is 5.75 Å². The Morgan fingerprint density at radius 1 is 1.35 bits per heavy atom. The first kappa shape index (κ1) is 17.6. The van der Waals surface area contributed by atoms with Crippen molar-refractivity contribution in [2.45, 2.75) is 39.2 Å². The van der Waals surface area contributed by atoms with Gasteiger partial charge in [0.1, 0.15) is 10.6 Å². The zero-order valence-electron chi connectivity index (χ0n) is 14.7. The van der Waals surface area contributed by atoms with E-state index in [4.69, 9.17) is 16.3 Å². The van der Waals surface area contributed by atoms with Crippen molar-refractivity contribution in [2.75, 3.05) is 6.61 Å². The van der Waals surface area contributed by atoms with Crippen LogP contribution in [-0.2, 0) is 19.4 Å². The van der Waals surface area contributed by atoms with Crippen LogP contribution in [0.15, 0.2) is 35.4 Å². The third-order valence-corrected chi connectivity index (χ3v) is 6.32. The molecule has 4 nitrogen and oxygen atoms in total. The summed E-state index contributed by atoms with van der Waals surface area (Å²) in [5, 5.41) is 1.54. The molecule has 0 radical (unpaired) electrons. The van der Waals surface area contributed by atoms with E-state index in [1.165, 1.54) is 10.4 Å². The summed E-state index contributed by atoms with van der Waals surface area (Å²) in [6, 6.07) is 7.31. The predicted molar refractivity (Wildman–Crippen MR) is 107 cm³/mol. The number of thiophene rings is 1. The number of benzene rings is 1. The van der Waals surface area contributed by atoms with Crippen LogP contribution in [-0.4, -0.2) is 16.2 Å². The minimum atomic E-state index is 0.0912. The molecule has 0 spiro atoms. The quantitative estimate of drug-likeness (QED) is 0.595. The average molecular weight is 389 g/mol. The van der Waals surface area contributed by atoms with Crippen molar-refractivity contribution in [1.29, 1.82) is 0 Å². The monoisotopic (exact) mass is 388 g/mol. The molecule has 2 aromatic heterocycles. The van der Waals surface area contributed by atoms with Crippen molar-refractivity contribution in [3.05, 3.63) is 56.4 Å². The molecule has 1 aliphatic rings. The topological polar surface area (TPSA) is 44.1 Å². The van der Waals surface area contributed by atoms with Crippen molar-refractivity contribution in [3.63, 3.8) is 0 Å². The second-order valence-electron chi connectivity index (χ2n) is 6.93. The molecule has 26 heavy (non-hydrogen) atoms. The van der Waals surface area contributed by atoms with E-state index in [1.807, 2.05) is 12.1 Å². The third-order valence-electron chi connectivity index (χ3n) is 4.91. The summed E-state index contributed by atoms with van der Waals surface area (Å²) >= 11 is 7.56. The molecule has 0 saturated carbocycles. The first-order chi connectivity index (χ1) is 12.6. The standard InChI is InChI=1S/C20H21ClN2O2S/c1-13-3-8-16-17(11-13)26-19-18(16)20(24)23(12-22-19)9-2-10-25-15-6-4-14(21)5-7-15/h4-7,12-13H,2-3,8-11H2,1H3/t13-/m1/s1. The van der Waals surface area contributed by atoms with Gasteiger partial charge < -0.3 is 4.74 Å². The predicted octanol–water partition coefficient (Wildman–Crippen LogP) is 4.71. The molecule has 0 saturated heterocycles. The first-order valence-electron chi connectivity index (χ1n) is 9.00. The van der Waals surface area contributed by atoms with Gasteiger partial charge in [-0.15, -0.1) is 11.3 Å². The van der Waals surface area contributed by atoms with Gasteiger partial charge in [-0.05, 0) is 61.4 Å². The maximum atomic E-state index is 12.9. The number of rotatable bonds is 5. The van der Waals surface area contributed by atoms with Crippen molar-refractivity contribution >= 4 is 33.2 Å². The number of nitrogens with zero attached hydrogens (tertiary/aromatic N) is 2. The lowest BCUT2D eigenvalue weighted by atomic mass is 9.89. The molecule has 0 aliphatic heterocycles. The lowest BCUT2D eigenvalue weighted by Crippen LogP contribution is -2.22. The second kappa shape index (κ2) is 7.41. The summed E-state index contributed by atoms with van der Waals surface area (Å²) in [7, 11) is 0. The van der Waals surface area contributed by atoms with Gasteiger partial charge in [0.25, 0.3) is 5.56 Å².